The molecule has 0 unspecified atom stereocenters. The highest BCUT2D eigenvalue weighted by atomic mass is 79.9. The summed E-state index contributed by atoms with van der Waals surface area (Å²) in [7, 11) is 0. The van der Waals surface area contributed by atoms with Gasteiger partial charge in [-0.25, -0.2) is 4.39 Å². The second-order valence-corrected chi connectivity index (χ2v) is 6.58. The van der Waals surface area contributed by atoms with Gasteiger partial charge in [0.1, 0.15) is 5.82 Å². The predicted octanol–water partition coefficient (Wildman–Crippen LogP) is 4.21. The molecule has 1 fully saturated rings. The molecule has 1 N–H and O–H groups in total. The number of aryl methyl sites for hydroxylation is 1. The molecular weight excluding hydrogens is 321 g/mol. The summed E-state index contributed by atoms with van der Waals surface area (Å²) >= 11 is 3.53. The van der Waals surface area contributed by atoms with Gasteiger partial charge in [-0.2, -0.15) is 0 Å². The molecule has 0 spiro atoms. The SMILES string of the molecule is Cc1ccc(C(=O)NC2(CBr)CCC(C)CC2)cc1F. The molecule has 1 aliphatic carbocycles. The van der Waals surface area contributed by atoms with Gasteiger partial charge >= 0.3 is 0 Å². The Kier molecular flexibility index (Phi) is 4.84. The van der Waals surface area contributed by atoms with E-state index in [0.29, 0.717) is 11.1 Å². The lowest BCUT2D eigenvalue weighted by atomic mass is 9.78. The van der Waals surface area contributed by atoms with Gasteiger partial charge in [0.15, 0.2) is 0 Å². The summed E-state index contributed by atoms with van der Waals surface area (Å²) in [6.07, 6.45) is 4.18. The third-order valence-corrected chi connectivity index (χ3v) is 5.37. The van der Waals surface area contributed by atoms with E-state index in [9.17, 15) is 9.18 Å². The molecule has 20 heavy (non-hydrogen) atoms. The molecule has 1 aromatic rings. The van der Waals surface area contributed by atoms with Crippen molar-refractivity contribution in [1.82, 2.24) is 5.32 Å². The molecule has 1 aromatic carbocycles. The molecule has 0 radical (unpaired) electrons. The van der Waals surface area contributed by atoms with E-state index in [2.05, 4.69) is 28.2 Å². The Labute approximate surface area is 128 Å². The number of alkyl halides is 1. The molecule has 4 heteroatoms. The minimum absolute atomic E-state index is 0.182. The van der Waals surface area contributed by atoms with Crippen LogP contribution in [0.4, 0.5) is 4.39 Å². The fourth-order valence-electron chi connectivity index (χ4n) is 2.65. The van der Waals surface area contributed by atoms with Crippen LogP contribution in [0.1, 0.15) is 48.5 Å². The highest BCUT2D eigenvalue weighted by molar-refractivity contribution is 9.09. The normalized spacial score (nSPS) is 26.3. The van der Waals surface area contributed by atoms with Crippen LogP contribution in [0.15, 0.2) is 18.2 Å². The lowest BCUT2D eigenvalue weighted by Gasteiger charge is -2.39. The van der Waals surface area contributed by atoms with E-state index in [-0.39, 0.29) is 17.3 Å². The van der Waals surface area contributed by atoms with Crippen molar-refractivity contribution in [3.63, 3.8) is 0 Å². The van der Waals surface area contributed by atoms with Gasteiger partial charge in [0.25, 0.3) is 5.91 Å². The van der Waals surface area contributed by atoms with Crippen molar-refractivity contribution >= 4 is 21.8 Å². The fraction of sp³-hybridized carbons (Fsp3) is 0.562. The van der Waals surface area contributed by atoms with Crippen molar-refractivity contribution < 1.29 is 9.18 Å². The smallest absolute Gasteiger partial charge is 0.251 e. The van der Waals surface area contributed by atoms with E-state index in [4.69, 9.17) is 0 Å². The number of hydrogen-bond donors (Lipinski definition) is 1. The number of carbonyl (C=O) groups is 1. The lowest BCUT2D eigenvalue weighted by molar-refractivity contribution is 0.0874. The summed E-state index contributed by atoms with van der Waals surface area (Å²) in [4.78, 5) is 12.3. The highest BCUT2D eigenvalue weighted by Crippen LogP contribution is 2.33. The number of amides is 1. The maximum absolute atomic E-state index is 13.6. The summed E-state index contributed by atoms with van der Waals surface area (Å²) in [5, 5.41) is 3.86. The van der Waals surface area contributed by atoms with E-state index in [1.165, 1.54) is 6.07 Å². The van der Waals surface area contributed by atoms with Gasteiger partial charge < -0.3 is 5.32 Å². The molecule has 1 aliphatic rings. The first-order valence-electron chi connectivity index (χ1n) is 7.10. The van der Waals surface area contributed by atoms with E-state index < -0.39 is 0 Å². The number of hydrogen-bond acceptors (Lipinski definition) is 1. The molecule has 0 saturated heterocycles. The number of carbonyl (C=O) groups excluding carboxylic acids is 1. The van der Waals surface area contributed by atoms with E-state index in [1.807, 2.05) is 0 Å². The highest BCUT2D eigenvalue weighted by Gasteiger charge is 2.34. The molecule has 1 saturated carbocycles. The molecule has 2 nitrogen and oxygen atoms in total. The Morgan fingerprint density at radius 1 is 1.45 bits per heavy atom. The fourth-order valence-corrected chi connectivity index (χ4v) is 3.35. The lowest BCUT2D eigenvalue weighted by Crippen LogP contribution is -2.52. The van der Waals surface area contributed by atoms with Crippen molar-refractivity contribution in [2.45, 2.75) is 45.1 Å². The maximum atomic E-state index is 13.6. The first kappa shape index (κ1) is 15.5. The van der Waals surface area contributed by atoms with Gasteiger partial charge in [-0.1, -0.05) is 28.9 Å². The molecule has 110 valence electrons. The molecule has 1 amide bonds. The van der Waals surface area contributed by atoms with Gasteiger partial charge in [-0.05, 0) is 56.2 Å². The summed E-state index contributed by atoms with van der Waals surface area (Å²) in [6, 6.07) is 4.65. The third-order valence-electron chi connectivity index (χ3n) is 4.30. The monoisotopic (exact) mass is 341 g/mol. The summed E-state index contributed by atoms with van der Waals surface area (Å²) in [6.45, 7) is 3.94. The average Bonchev–Trinajstić information content (AvgIpc) is 2.44. The summed E-state index contributed by atoms with van der Waals surface area (Å²) in [5.74, 6) is 0.205. The van der Waals surface area contributed by atoms with Crippen molar-refractivity contribution in [2.24, 2.45) is 5.92 Å². The standard InChI is InChI=1S/C16H21BrFNO/c1-11-5-7-16(10-17,8-6-11)19-15(20)13-4-3-12(2)14(18)9-13/h3-4,9,11H,5-8,10H2,1-2H3,(H,19,20). The molecular formula is C16H21BrFNO. The van der Waals surface area contributed by atoms with Crippen LogP contribution in [0.2, 0.25) is 0 Å². The first-order valence-corrected chi connectivity index (χ1v) is 8.22. The quantitative estimate of drug-likeness (QED) is 0.820. The maximum Gasteiger partial charge on any atom is 0.251 e. The Morgan fingerprint density at radius 2 is 2.10 bits per heavy atom. The van der Waals surface area contributed by atoms with Crippen LogP contribution in [0.5, 0.6) is 0 Å². The Hall–Kier alpha value is -0.900. The Bertz CT molecular complexity index is 495. The number of rotatable bonds is 3. The van der Waals surface area contributed by atoms with Crippen LogP contribution in [0, 0.1) is 18.7 Å². The van der Waals surface area contributed by atoms with E-state index in [1.54, 1.807) is 19.1 Å². The molecule has 2 rings (SSSR count). The zero-order valence-electron chi connectivity index (χ0n) is 12.0. The molecule has 0 aliphatic heterocycles. The van der Waals surface area contributed by atoms with Crippen LogP contribution in [0.3, 0.4) is 0 Å². The van der Waals surface area contributed by atoms with Crippen LogP contribution in [-0.2, 0) is 0 Å². The van der Waals surface area contributed by atoms with Crippen molar-refractivity contribution in [3.05, 3.63) is 35.1 Å². The summed E-state index contributed by atoms with van der Waals surface area (Å²) < 4.78 is 13.6. The zero-order valence-corrected chi connectivity index (χ0v) is 13.6. The number of nitrogens with one attached hydrogen (secondary N) is 1. The Balaban J connectivity index is 2.11. The van der Waals surface area contributed by atoms with Crippen LogP contribution in [-0.4, -0.2) is 16.8 Å². The van der Waals surface area contributed by atoms with Crippen LogP contribution >= 0.6 is 15.9 Å². The minimum Gasteiger partial charge on any atom is -0.346 e. The minimum atomic E-state index is -0.331. The van der Waals surface area contributed by atoms with Crippen molar-refractivity contribution in [2.75, 3.05) is 5.33 Å². The van der Waals surface area contributed by atoms with E-state index >= 15 is 0 Å². The molecule has 0 aromatic heterocycles. The van der Waals surface area contributed by atoms with Gasteiger partial charge in [0.05, 0.1) is 5.54 Å². The van der Waals surface area contributed by atoms with Gasteiger partial charge in [-0.15, -0.1) is 0 Å². The number of halogens is 2. The van der Waals surface area contributed by atoms with Crippen LogP contribution < -0.4 is 5.32 Å². The van der Waals surface area contributed by atoms with Crippen LogP contribution in [0.25, 0.3) is 0 Å². The van der Waals surface area contributed by atoms with Gasteiger partial charge in [-0.3, -0.25) is 4.79 Å². The van der Waals surface area contributed by atoms with E-state index in [0.717, 1.165) is 36.9 Å². The third kappa shape index (κ3) is 3.40. The second-order valence-electron chi connectivity index (χ2n) is 6.01. The van der Waals surface area contributed by atoms with Crippen molar-refractivity contribution in [3.8, 4) is 0 Å². The largest absolute Gasteiger partial charge is 0.346 e. The van der Waals surface area contributed by atoms with Gasteiger partial charge in [0, 0.05) is 10.9 Å². The zero-order chi connectivity index (χ0) is 14.8. The topological polar surface area (TPSA) is 29.1 Å². The summed E-state index contributed by atoms with van der Waals surface area (Å²) in [5.41, 5.74) is 0.764. The number of benzene rings is 1. The molecule has 0 atom stereocenters. The predicted molar refractivity (Wildman–Crippen MR) is 82.8 cm³/mol. The van der Waals surface area contributed by atoms with Crippen molar-refractivity contribution in [1.29, 1.82) is 0 Å². The first-order chi connectivity index (χ1) is 9.46. The molecule has 0 bridgehead atoms. The Morgan fingerprint density at radius 3 is 2.65 bits per heavy atom. The molecule has 0 heterocycles. The average molecular weight is 342 g/mol. The van der Waals surface area contributed by atoms with Gasteiger partial charge in [0.2, 0.25) is 0 Å². The second kappa shape index (κ2) is 6.25.